The molecule has 0 amide bonds. The Morgan fingerprint density at radius 3 is 2.52 bits per heavy atom. The van der Waals surface area contributed by atoms with Crippen molar-refractivity contribution in [3.05, 3.63) is 35.6 Å². The number of benzene rings is 1. The van der Waals surface area contributed by atoms with Gasteiger partial charge in [0.15, 0.2) is 5.96 Å². The number of piperidine rings is 1. The second-order valence-electron chi connectivity index (χ2n) is 9.33. The molecule has 2 saturated heterocycles. The summed E-state index contributed by atoms with van der Waals surface area (Å²) < 4.78 is 13.9. The first-order valence-electron chi connectivity index (χ1n) is 11.9. The Morgan fingerprint density at radius 1 is 1.06 bits per heavy atom. The molecule has 1 atom stereocenters. The molecule has 2 heterocycles. The fourth-order valence-electron chi connectivity index (χ4n) is 5.35. The molecule has 0 spiro atoms. The first-order chi connectivity index (χ1) is 14.7. The molecule has 0 bridgehead atoms. The normalized spacial score (nSPS) is 24.3. The molecule has 0 radical (unpaired) electrons. The molecule has 1 saturated carbocycles. The molecular weight excluding hydrogens is 504 g/mol. The molecule has 174 valence electrons. The molecule has 1 aliphatic carbocycles. The lowest BCUT2D eigenvalue weighted by Crippen LogP contribution is -2.47. The Kier molecular flexibility index (Phi) is 9.84. The van der Waals surface area contributed by atoms with Crippen molar-refractivity contribution in [2.75, 3.05) is 39.8 Å². The van der Waals surface area contributed by atoms with E-state index in [4.69, 9.17) is 0 Å². The van der Waals surface area contributed by atoms with E-state index < -0.39 is 0 Å². The number of guanidine groups is 1. The summed E-state index contributed by atoms with van der Waals surface area (Å²) >= 11 is 0. The Bertz CT molecular complexity index is 701. The second-order valence-corrected chi connectivity index (χ2v) is 9.33. The van der Waals surface area contributed by atoms with Crippen LogP contribution in [0.25, 0.3) is 0 Å². The summed E-state index contributed by atoms with van der Waals surface area (Å²) in [5.74, 6) is 1.51. The summed E-state index contributed by atoms with van der Waals surface area (Å²) in [6, 6.07) is 8.47. The third-order valence-corrected chi connectivity index (χ3v) is 7.24. The zero-order valence-corrected chi connectivity index (χ0v) is 21.2. The molecule has 3 fully saturated rings. The van der Waals surface area contributed by atoms with E-state index in [-0.39, 0.29) is 29.8 Å². The summed E-state index contributed by atoms with van der Waals surface area (Å²) in [4.78, 5) is 9.52. The standard InChI is InChI=1S/C24H38FN5.HI/c1-26-24(28-21-12-15-30(18-21)22-7-3-4-8-22)27-16-19-10-13-29(14-11-19)17-20-6-2-5-9-23(20)25;/h2,5-6,9,19,21-22H,3-4,7-8,10-18H2,1H3,(H2,26,27,28);1H. The van der Waals surface area contributed by atoms with E-state index >= 15 is 0 Å². The number of hydrogen-bond acceptors (Lipinski definition) is 3. The van der Waals surface area contributed by atoms with E-state index in [1.165, 1.54) is 38.6 Å². The van der Waals surface area contributed by atoms with E-state index in [9.17, 15) is 4.39 Å². The average Bonchev–Trinajstić information content (AvgIpc) is 3.46. The second kappa shape index (κ2) is 12.3. The Morgan fingerprint density at radius 2 is 1.81 bits per heavy atom. The molecule has 1 aromatic carbocycles. The van der Waals surface area contributed by atoms with Crippen LogP contribution >= 0.6 is 24.0 Å². The van der Waals surface area contributed by atoms with Crippen LogP contribution in [0.15, 0.2) is 29.3 Å². The van der Waals surface area contributed by atoms with Gasteiger partial charge >= 0.3 is 0 Å². The Balaban J connectivity index is 0.00000272. The summed E-state index contributed by atoms with van der Waals surface area (Å²) in [7, 11) is 1.87. The van der Waals surface area contributed by atoms with Crippen molar-refractivity contribution in [1.29, 1.82) is 0 Å². The van der Waals surface area contributed by atoms with Gasteiger partial charge in [-0.1, -0.05) is 31.0 Å². The molecule has 3 aliphatic rings. The van der Waals surface area contributed by atoms with Crippen molar-refractivity contribution in [3.8, 4) is 0 Å². The number of likely N-dealkylation sites (tertiary alicyclic amines) is 2. The maximum atomic E-state index is 13.9. The molecule has 31 heavy (non-hydrogen) atoms. The van der Waals surface area contributed by atoms with Crippen molar-refractivity contribution in [3.63, 3.8) is 0 Å². The summed E-state index contributed by atoms with van der Waals surface area (Å²) in [6.07, 6.45) is 9.09. The van der Waals surface area contributed by atoms with Crippen molar-refractivity contribution in [2.24, 2.45) is 10.9 Å². The van der Waals surface area contributed by atoms with Gasteiger partial charge in [0.2, 0.25) is 0 Å². The van der Waals surface area contributed by atoms with Crippen LogP contribution in [-0.2, 0) is 6.54 Å². The van der Waals surface area contributed by atoms with E-state index in [1.54, 1.807) is 12.1 Å². The van der Waals surface area contributed by atoms with Gasteiger partial charge < -0.3 is 10.6 Å². The molecule has 1 unspecified atom stereocenters. The zero-order chi connectivity index (χ0) is 20.8. The molecule has 2 aliphatic heterocycles. The van der Waals surface area contributed by atoms with Gasteiger partial charge in [0.05, 0.1) is 0 Å². The Labute approximate surface area is 204 Å². The fraction of sp³-hybridized carbons (Fsp3) is 0.708. The number of nitrogens with zero attached hydrogens (tertiary/aromatic N) is 3. The summed E-state index contributed by atoms with van der Waals surface area (Å²) in [5.41, 5.74) is 0.807. The van der Waals surface area contributed by atoms with Crippen LogP contribution in [0.2, 0.25) is 0 Å². The number of aliphatic imine (C=N–C) groups is 1. The van der Waals surface area contributed by atoms with Crippen molar-refractivity contribution < 1.29 is 4.39 Å². The van der Waals surface area contributed by atoms with Crippen LogP contribution in [0.1, 0.15) is 50.5 Å². The minimum Gasteiger partial charge on any atom is -0.356 e. The summed E-state index contributed by atoms with van der Waals surface area (Å²) in [6.45, 7) is 6.12. The molecule has 7 heteroatoms. The topological polar surface area (TPSA) is 42.9 Å². The highest BCUT2D eigenvalue weighted by Crippen LogP contribution is 2.26. The van der Waals surface area contributed by atoms with E-state index in [0.717, 1.165) is 63.1 Å². The minimum absolute atomic E-state index is 0. The summed E-state index contributed by atoms with van der Waals surface area (Å²) in [5, 5.41) is 7.22. The lowest BCUT2D eigenvalue weighted by Gasteiger charge is -2.32. The highest BCUT2D eigenvalue weighted by molar-refractivity contribution is 14.0. The number of rotatable bonds is 6. The van der Waals surface area contributed by atoms with E-state index in [0.29, 0.717) is 12.0 Å². The predicted molar refractivity (Wildman–Crippen MR) is 137 cm³/mol. The first kappa shape index (κ1) is 24.7. The maximum absolute atomic E-state index is 13.9. The highest BCUT2D eigenvalue weighted by Gasteiger charge is 2.30. The van der Waals surface area contributed by atoms with Crippen LogP contribution in [0.5, 0.6) is 0 Å². The van der Waals surface area contributed by atoms with Crippen LogP contribution in [0, 0.1) is 11.7 Å². The van der Waals surface area contributed by atoms with Crippen LogP contribution in [0.3, 0.4) is 0 Å². The number of hydrogen-bond donors (Lipinski definition) is 2. The minimum atomic E-state index is -0.0884. The quantitative estimate of drug-likeness (QED) is 0.325. The van der Waals surface area contributed by atoms with Gasteiger partial charge in [0.1, 0.15) is 5.82 Å². The average molecular weight is 544 g/mol. The van der Waals surface area contributed by atoms with Gasteiger partial charge in [0, 0.05) is 50.9 Å². The van der Waals surface area contributed by atoms with E-state index in [1.807, 2.05) is 19.2 Å². The SMILES string of the molecule is CN=C(NCC1CCN(Cc2ccccc2F)CC1)NC1CCN(C2CCCC2)C1.I. The van der Waals surface area contributed by atoms with Crippen LogP contribution < -0.4 is 10.6 Å². The van der Waals surface area contributed by atoms with Crippen molar-refractivity contribution in [2.45, 2.75) is 63.6 Å². The fourth-order valence-corrected chi connectivity index (χ4v) is 5.35. The molecule has 5 nitrogen and oxygen atoms in total. The number of nitrogens with one attached hydrogen (secondary N) is 2. The molecule has 1 aromatic rings. The molecular formula is C24H39FIN5. The van der Waals surface area contributed by atoms with Gasteiger partial charge in [-0.2, -0.15) is 0 Å². The Hall–Kier alpha value is -0.930. The van der Waals surface area contributed by atoms with Crippen molar-refractivity contribution >= 4 is 29.9 Å². The lowest BCUT2D eigenvalue weighted by atomic mass is 9.96. The number of halogens is 2. The first-order valence-corrected chi connectivity index (χ1v) is 11.9. The lowest BCUT2D eigenvalue weighted by molar-refractivity contribution is 0.176. The maximum Gasteiger partial charge on any atom is 0.191 e. The largest absolute Gasteiger partial charge is 0.356 e. The predicted octanol–water partition coefficient (Wildman–Crippen LogP) is 3.84. The molecule has 4 rings (SSSR count). The van der Waals surface area contributed by atoms with Gasteiger partial charge in [0.25, 0.3) is 0 Å². The van der Waals surface area contributed by atoms with Crippen molar-refractivity contribution in [1.82, 2.24) is 20.4 Å². The van der Waals surface area contributed by atoms with Gasteiger partial charge in [-0.3, -0.25) is 14.8 Å². The third-order valence-electron chi connectivity index (χ3n) is 7.24. The third kappa shape index (κ3) is 7.02. The van der Waals surface area contributed by atoms with Crippen LogP contribution in [0.4, 0.5) is 4.39 Å². The monoisotopic (exact) mass is 543 g/mol. The smallest absolute Gasteiger partial charge is 0.191 e. The molecule has 2 N–H and O–H groups in total. The van der Waals surface area contributed by atoms with Crippen LogP contribution in [-0.4, -0.2) is 67.6 Å². The van der Waals surface area contributed by atoms with Gasteiger partial charge in [-0.15, -0.1) is 24.0 Å². The van der Waals surface area contributed by atoms with E-state index in [2.05, 4.69) is 25.4 Å². The zero-order valence-electron chi connectivity index (χ0n) is 18.9. The molecule has 0 aromatic heterocycles. The highest BCUT2D eigenvalue weighted by atomic mass is 127. The van der Waals surface area contributed by atoms with Gasteiger partial charge in [-0.05, 0) is 57.2 Å². The van der Waals surface area contributed by atoms with Gasteiger partial charge in [-0.25, -0.2) is 4.39 Å².